The number of likely N-dealkylation sites (N-methyl/N-ethyl adjacent to an activating group) is 1. The highest BCUT2D eigenvalue weighted by Crippen LogP contribution is 2.09. The lowest BCUT2D eigenvalue weighted by Gasteiger charge is -2.22. The molecule has 0 bridgehead atoms. The van der Waals surface area contributed by atoms with E-state index < -0.39 is 12.1 Å². The molecule has 14 heavy (non-hydrogen) atoms. The van der Waals surface area contributed by atoms with E-state index in [9.17, 15) is 9.59 Å². The van der Waals surface area contributed by atoms with Gasteiger partial charge in [-0.1, -0.05) is 0 Å². The van der Waals surface area contributed by atoms with Crippen LogP contribution in [-0.4, -0.2) is 47.6 Å². The third-order valence-electron chi connectivity index (χ3n) is 2.21. The summed E-state index contributed by atoms with van der Waals surface area (Å²) in [5.41, 5.74) is 0. The van der Waals surface area contributed by atoms with Gasteiger partial charge in [-0.2, -0.15) is 0 Å². The van der Waals surface area contributed by atoms with Crippen LogP contribution in [0.3, 0.4) is 0 Å². The lowest BCUT2D eigenvalue weighted by atomic mass is 10.2. The molecule has 0 saturated carbocycles. The first-order valence-electron chi connectivity index (χ1n) is 4.73. The Kier molecular flexibility index (Phi) is 3.46. The van der Waals surface area contributed by atoms with Gasteiger partial charge in [0, 0.05) is 20.0 Å². The second-order valence-corrected chi connectivity index (χ2v) is 3.73. The highest BCUT2D eigenvalue weighted by Gasteiger charge is 2.29. The number of carbonyl (C=O) groups excluding carboxylic acids is 2. The number of amides is 2. The molecule has 80 valence electrons. The highest BCUT2D eigenvalue weighted by atomic mass is 16.3. The van der Waals surface area contributed by atoms with Crippen molar-refractivity contribution in [3.63, 3.8) is 0 Å². The van der Waals surface area contributed by atoms with Crippen molar-refractivity contribution in [1.82, 2.24) is 10.2 Å². The Labute approximate surface area is 83.1 Å². The average molecular weight is 200 g/mol. The topological polar surface area (TPSA) is 69.6 Å². The summed E-state index contributed by atoms with van der Waals surface area (Å²) in [6.45, 7) is 1.92. The number of aliphatic hydroxyl groups is 1. The van der Waals surface area contributed by atoms with Crippen molar-refractivity contribution in [3.8, 4) is 0 Å². The molecule has 1 aliphatic rings. The van der Waals surface area contributed by atoms with Crippen LogP contribution in [0.1, 0.15) is 19.8 Å². The largest absolute Gasteiger partial charge is 0.392 e. The van der Waals surface area contributed by atoms with Gasteiger partial charge >= 0.3 is 0 Å². The summed E-state index contributed by atoms with van der Waals surface area (Å²) in [4.78, 5) is 23.9. The Hall–Kier alpha value is -1.10. The Morgan fingerprint density at radius 3 is 2.86 bits per heavy atom. The minimum Gasteiger partial charge on any atom is -0.392 e. The van der Waals surface area contributed by atoms with Crippen LogP contribution in [0, 0.1) is 0 Å². The average Bonchev–Trinajstić information content (AvgIpc) is 2.49. The molecule has 0 aromatic heterocycles. The van der Waals surface area contributed by atoms with Crippen molar-refractivity contribution in [2.24, 2.45) is 0 Å². The minimum absolute atomic E-state index is 0.0752. The van der Waals surface area contributed by atoms with E-state index in [0.717, 1.165) is 0 Å². The zero-order valence-corrected chi connectivity index (χ0v) is 8.49. The van der Waals surface area contributed by atoms with Crippen LogP contribution in [0.25, 0.3) is 0 Å². The van der Waals surface area contributed by atoms with Crippen molar-refractivity contribution >= 4 is 11.8 Å². The molecular weight excluding hydrogens is 184 g/mol. The number of hydrogen-bond donors (Lipinski definition) is 2. The second-order valence-electron chi connectivity index (χ2n) is 3.73. The molecule has 2 amide bonds. The molecule has 1 rings (SSSR count). The van der Waals surface area contributed by atoms with Gasteiger partial charge in [0.25, 0.3) is 0 Å². The van der Waals surface area contributed by atoms with Crippen molar-refractivity contribution in [2.45, 2.75) is 31.9 Å². The van der Waals surface area contributed by atoms with Crippen molar-refractivity contribution in [3.05, 3.63) is 0 Å². The summed E-state index contributed by atoms with van der Waals surface area (Å²) in [5.74, 6) is -0.203. The van der Waals surface area contributed by atoms with Crippen molar-refractivity contribution in [1.29, 1.82) is 0 Å². The van der Waals surface area contributed by atoms with Crippen LogP contribution in [0.5, 0.6) is 0 Å². The maximum absolute atomic E-state index is 11.6. The number of carbonyl (C=O) groups is 2. The van der Waals surface area contributed by atoms with Crippen LogP contribution in [0.2, 0.25) is 0 Å². The number of nitrogens with zero attached hydrogens (tertiary/aromatic N) is 1. The molecule has 2 atom stereocenters. The first-order chi connectivity index (χ1) is 6.50. The fourth-order valence-corrected chi connectivity index (χ4v) is 1.55. The van der Waals surface area contributed by atoms with E-state index in [1.807, 2.05) is 0 Å². The zero-order valence-electron chi connectivity index (χ0n) is 8.49. The minimum atomic E-state index is -0.541. The Bertz CT molecular complexity index is 240. The van der Waals surface area contributed by atoms with Gasteiger partial charge in [0.1, 0.15) is 6.04 Å². The zero-order chi connectivity index (χ0) is 10.7. The highest BCUT2D eigenvalue weighted by molar-refractivity contribution is 5.90. The predicted octanol–water partition coefficient (Wildman–Crippen LogP) is -0.896. The molecular formula is C9H16N2O3. The molecule has 2 unspecified atom stereocenters. The third-order valence-corrected chi connectivity index (χ3v) is 2.21. The van der Waals surface area contributed by atoms with E-state index in [2.05, 4.69) is 5.32 Å². The predicted molar refractivity (Wildman–Crippen MR) is 50.5 cm³/mol. The van der Waals surface area contributed by atoms with Gasteiger partial charge in [-0.05, 0) is 13.3 Å². The lowest BCUT2D eigenvalue weighted by molar-refractivity contribution is -0.134. The van der Waals surface area contributed by atoms with Crippen LogP contribution in [0.4, 0.5) is 0 Å². The van der Waals surface area contributed by atoms with Gasteiger partial charge in [0.2, 0.25) is 11.8 Å². The summed E-state index contributed by atoms with van der Waals surface area (Å²) in [7, 11) is 1.62. The molecule has 5 nitrogen and oxygen atoms in total. The van der Waals surface area contributed by atoms with Gasteiger partial charge < -0.3 is 15.3 Å². The van der Waals surface area contributed by atoms with Gasteiger partial charge in [-0.15, -0.1) is 0 Å². The molecule has 1 heterocycles. The van der Waals surface area contributed by atoms with Gasteiger partial charge in [0.15, 0.2) is 0 Å². The third kappa shape index (κ3) is 2.70. The number of aliphatic hydroxyl groups excluding tert-OH is 1. The van der Waals surface area contributed by atoms with Crippen molar-refractivity contribution < 1.29 is 14.7 Å². The molecule has 5 heteroatoms. The van der Waals surface area contributed by atoms with E-state index in [4.69, 9.17) is 5.11 Å². The van der Waals surface area contributed by atoms with Crippen molar-refractivity contribution in [2.75, 3.05) is 13.6 Å². The van der Waals surface area contributed by atoms with Crippen LogP contribution >= 0.6 is 0 Å². The summed E-state index contributed by atoms with van der Waals surface area (Å²) in [6.07, 6.45) is 0.432. The van der Waals surface area contributed by atoms with Crippen LogP contribution < -0.4 is 5.32 Å². The lowest BCUT2D eigenvalue weighted by Crippen LogP contribution is -2.44. The first-order valence-corrected chi connectivity index (χ1v) is 4.73. The van der Waals surface area contributed by atoms with E-state index in [1.165, 1.54) is 4.90 Å². The van der Waals surface area contributed by atoms with E-state index in [0.29, 0.717) is 19.4 Å². The van der Waals surface area contributed by atoms with Gasteiger partial charge in [-0.25, -0.2) is 0 Å². The van der Waals surface area contributed by atoms with Crippen LogP contribution in [-0.2, 0) is 9.59 Å². The maximum atomic E-state index is 11.6. The molecule has 2 N–H and O–H groups in total. The SMILES string of the molecule is CC(O)CN(C)C(=O)C1CCC(=O)N1. The fraction of sp³-hybridized carbons (Fsp3) is 0.778. The molecule has 0 aromatic rings. The quantitative estimate of drug-likeness (QED) is 0.620. The van der Waals surface area contributed by atoms with Crippen LogP contribution in [0.15, 0.2) is 0 Å². The standard InChI is InChI=1S/C9H16N2O3/c1-6(12)5-11(2)9(14)7-3-4-8(13)10-7/h6-7,12H,3-5H2,1-2H3,(H,10,13). The Morgan fingerprint density at radius 1 is 1.79 bits per heavy atom. The number of nitrogens with one attached hydrogen (secondary N) is 1. The smallest absolute Gasteiger partial charge is 0.244 e. The summed E-state index contributed by atoms with van der Waals surface area (Å²) >= 11 is 0. The van der Waals surface area contributed by atoms with E-state index in [-0.39, 0.29) is 11.8 Å². The first kappa shape index (κ1) is 11.0. The Morgan fingerprint density at radius 2 is 2.43 bits per heavy atom. The van der Waals surface area contributed by atoms with Gasteiger partial charge in [-0.3, -0.25) is 9.59 Å². The van der Waals surface area contributed by atoms with E-state index >= 15 is 0 Å². The molecule has 1 saturated heterocycles. The number of hydrogen-bond acceptors (Lipinski definition) is 3. The molecule has 1 aliphatic heterocycles. The normalized spacial score (nSPS) is 23.1. The summed E-state index contributed by atoms with van der Waals surface area (Å²) in [6, 6.07) is -0.397. The van der Waals surface area contributed by atoms with E-state index in [1.54, 1.807) is 14.0 Å². The second kappa shape index (κ2) is 4.41. The maximum Gasteiger partial charge on any atom is 0.244 e. The molecule has 0 aliphatic carbocycles. The number of rotatable bonds is 3. The summed E-state index contributed by atoms with van der Waals surface area (Å²) in [5, 5.41) is 11.7. The molecule has 0 radical (unpaired) electrons. The monoisotopic (exact) mass is 200 g/mol. The Balaban J connectivity index is 2.44. The summed E-state index contributed by atoms with van der Waals surface area (Å²) < 4.78 is 0. The fourth-order valence-electron chi connectivity index (χ4n) is 1.55. The van der Waals surface area contributed by atoms with Gasteiger partial charge in [0.05, 0.1) is 6.10 Å². The molecule has 0 aromatic carbocycles. The molecule has 1 fully saturated rings. The molecule has 0 spiro atoms.